The fourth-order valence-electron chi connectivity index (χ4n) is 2.28. The molecular formula is C16H14Cl2N4O3S. The quantitative estimate of drug-likeness (QED) is 0.647. The highest BCUT2D eigenvalue weighted by molar-refractivity contribution is 7.98. The van der Waals surface area contributed by atoms with Gasteiger partial charge in [-0.3, -0.25) is 9.36 Å². The van der Waals surface area contributed by atoms with Crippen molar-refractivity contribution < 1.29 is 4.42 Å². The van der Waals surface area contributed by atoms with Gasteiger partial charge in [0.1, 0.15) is 0 Å². The molecule has 3 rings (SSSR count). The van der Waals surface area contributed by atoms with Gasteiger partial charge in [0.15, 0.2) is 0 Å². The minimum Gasteiger partial charge on any atom is -0.416 e. The first-order chi connectivity index (χ1) is 12.3. The molecule has 0 aliphatic rings. The molecule has 0 aliphatic heterocycles. The van der Waals surface area contributed by atoms with Crippen LogP contribution in [0.25, 0.3) is 0 Å². The van der Waals surface area contributed by atoms with Crippen molar-refractivity contribution in [1.82, 2.24) is 19.7 Å². The van der Waals surface area contributed by atoms with E-state index < -0.39 is 5.69 Å². The van der Waals surface area contributed by atoms with E-state index in [-0.39, 0.29) is 12.0 Å². The van der Waals surface area contributed by atoms with Crippen LogP contribution in [-0.4, -0.2) is 19.7 Å². The van der Waals surface area contributed by atoms with Crippen molar-refractivity contribution in [3.8, 4) is 0 Å². The molecule has 3 aromatic rings. The number of nitrogens with zero attached hydrogens (tertiary/aromatic N) is 3. The SMILES string of the molecule is Cc1[nH]c(=O)n(C)c(=O)c1Cc1nnc(SCc2ccc(Cl)cc2Cl)o1. The standard InChI is InChI=1S/C16H14Cl2N4O3S/c1-8-11(14(23)22(2)15(24)19-8)6-13-20-21-16(25-13)26-7-9-3-4-10(17)5-12(9)18/h3-5H,6-7H2,1-2H3,(H,19,24). The average Bonchev–Trinajstić information content (AvgIpc) is 3.04. The third kappa shape index (κ3) is 4.03. The lowest BCUT2D eigenvalue weighted by molar-refractivity contribution is 0.419. The maximum Gasteiger partial charge on any atom is 0.328 e. The average molecular weight is 413 g/mol. The molecule has 0 amide bonds. The van der Waals surface area contributed by atoms with Gasteiger partial charge in [-0.2, -0.15) is 0 Å². The molecule has 26 heavy (non-hydrogen) atoms. The van der Waals surface area contributed by atoms with E-state index in [9.17, 15) is 9.59 Å². The van der Waals surface area contributed by atoms with Crippen molar-refractivity contribution in [3.63, 3.8) is 0 Å². The van der Waals surface area contributed by atoms with Gasteiger partial charge in [0.25, 0.3) is 10.8 Å². The van der Waals surface area contributed by atoms with Gasteiger partial charge >= 0.3 is 5.69 Å². The second-order valence-electron chi connectivity index (χ2n) is 5.56. The largest absolute Gasteiger partial charge is 0.416 e. The van der Waals surface area contributed by atoms with E-state index in [0.717, 1.165) is 10.1 Å². The Morgan fingerprint density at radius 2 is 2.04 bits per heavy atom. The van der Waals surface area contributed by atoms with Crippen LogP contribution in [0.4, 0.5) is 0 Å². The van der Waals surface area contributed by atoms with E-state index >= 15 is 0 Å². The minimum absolute atomic E-state index is 0.143. The van der Waals surface area contributed by atoms with E-state index in [4.69, 9.17) is 27.6 Å². The summed E-state index contributed by atoms with van der Waals surface area (Å²) in [6.45, 7) is 1.66. The molecule has 0 bridgehead atoms. The van der Waals surface area contributed by atoms with E-state index in [1.807, 2.05) is 6.07 Å². The zero-order valence-electron chi connectivity index (χ0n) is 13.9. The predicted octanol–water partition coefficient (Wildman–Crippen LogP) is 2.95. The van der Waals surface area contributed by atoms with Crippen molar-refractivity contribution in [2.24, 2.45) is 7.05 Å². The number of aryl methyl sites for hydroxylation is 1. The Hall–Kier alpha value is -2.03. The minimum atomic E-state index is -0.460. The highest BCUT2D eigenvalue weighted by atomic mass is 35.5. The lowest BCUT2D eigenvalue weighted by atomic mass is 10.2. The maximum atomic E-state index is 12.2. The fraction of sp³-hybridized carbons (Fsp3) is 0.250. The lowest BCUT2D eigenvalue weighted by Gasteiger charge is -2.04. The number of benzene rings is 1. The molecule has 1 N–H and O–H groups in total. The maximum absolute atomic E-state index is 12.2. The van der Waals surface area contributed by atoms with Crippen molar-refractivity contribution in [3.05, 3.63) is 71.8 Å². The van der Waals surface area contributed by atoms with E-state index in [1.54, 1.807) is 19.1 Å². The van der Waals surface area contributed by atoms with E-state index in [1.165, 1.54) is 18.8 Å². The second-order valence-corrected chi connectivity index (χ2v) is 7.33. The third-order valence-corrected chi connectivity index (χ3v) is 5.21. The highest BCUT2D eigenvalue weighted by Gasteiger charge is 2.15. The van der Waals surface area contributed by atoms with E-state index in [2.05, 4.69) is 15.2 Å². The lowest BCUT2D eigenvalue weighted by Crippen LogP contribution is -2.36. The van der Waals surface area contributed by atoms with Gasteiger partial charge in [-0.25, -0.2) is 4.79 Å². The molecule has 1 aromatic carbocycles. The number of halogens is 2. The number of thioether (sulfide) groups is 1. The van der Waals surface area contributed by atoms with Crippen molar-refractivity contribution in [2.75, 3.05) is 0 Å². The first-order valence-corrected chi connectivity index (χ1v) is 9.27. The predicted molar refractivity (Wildman–Crippen MR) is 100 cm³/mol. The number of nitrogens with one attached hydrogen (secondary N) is 1. The molecule has 0 atom stereocenters. The summed E-state index contributed by atoms with van der Waals surface area (Å²) >= 11 is 13.3. The summed E-state index contributed by atoms with van der Waals surface area (Å²) in [4.78, 5) is 26.4. The monoisotopic (exact) mass is 412 g/mol. The van der Waals surface area contributed by atoms with Crippen molar-refractivity contribution in [1.29, 1.82) is 0 Å². The molecule has 0 saturated heterocycles. The first kappa shape index (κ1) is 18.8. The molecule has 136 valence electrons. The Labute approximate surface area is 162 Å². The van der Waals surface area contributed by atoms with Gasteiger partial charge in [0.05, 0.1) is 6.42 Å². The Morgan fingerprint density at radius 1 is 1.27 bits per heavy atom. The van der Waals surface area contributed by atoms with Gasteiger partial charge in [0.2, 0.25) is 5.89 Å². The van der Waals surface area contributed by atoms with Crippen LogP contribution in [0, 0.1) is 6.92 Å². The van der Waals surface area contributed by atoms with Crippen LogP contribution in [0.2, 0.25) is 10.0 Å². The van der Waals surface area contributed by atoms with Crippen molar-refractivity contribution >= 4 is 35.0 Å². The third-order valence-electron chi connectivity index (χ3n) is 3.76. The highest BCUT2D eigenvalue weighted by Crippen LogP contribution is 2.28. The molecule has 0 spiro atoms. The van der Waals surface area contributed by atoms with Crippen LogP contribution in [-0.2, 0) is 19.2 Å². The Bertz CT molecular complexity index is 1070. The molecule has 0 fully saturated rings. The summed E-state index contributed by atoms with van der Waals surface area (Å²) in [6.07, 6.45) is 0.143. The topological polar surface area (TPSA) is 93.8 Å². The summed E-state index contributed by atoms with van der Waals surface area (Å²) < 4.78 is 6.60. The summed E-state index contributed by atoms with van der Waals surface area (Å²) in [7, 11) is 1.41. The van der Waals surface area contributed by atoms with Gasteiger partial charge in [-0.15, -0.1) is 10.2 Å². The number of rotatable bonds is 5. The van der Waals surface area contributed by atoms with Gasteiger partial charge in [0, 0.05) is 34.1 Å². The molecular weight excluding hydrogens is 399 g/mol. The van der Waals surface area contributed by atoms with Crippen molar-refractivity contribution in [2.45, 2.75) is 24.3 Å². The normalized spacial score (nSPS) is 11.1. The van der Waals surface area contributed by atoms with Gasteiger partial charge < -0.3 is 9.40 Å². The molecule has 2 aromatic heterocycles. The summed E-state index contributed by atoms with van der Waals surface area (Å²) in [6, 6.07) is 5.27. The second kappa shape index (κ2) is 7.69. The first-order valence-electron chi connectivity index (χ1n) is 7.53. The van der Waals surface area contributed by atoms with Gasteiger partial charge in [-0.1, -0.05) is 41.0 Å². The van der Waals surface area contributed by atoms with Crippen LogP contribution in [0.1, 0.15) is 22.7 Å². The molecule has 10 heteroatoms. The van der Waals surface area contributed by atoms with Crippen LogP contribution < -0.4 is 11.2 Å². The van der Waals surface area contributed by atoms with Crippen LogP contribution in [0.5, 0.6) is 0 Å². The number of aromatic nitrogens is 4. The molecule has 7 nitrogen and oxygen atoms in total. The van der Waals surface area contributed by atoms with Crippen LogP contribution >= 0.6 is 35.0 Å². The zero-order valence-corrected chi connectivity index (χ0v) is 16.2. The molecule has 0 aliphatic carbocycles. The summed E-state index contributed by atoms with van der Waals surface area (Å²) in [5.41, 5.74) is 0.946. The summed E-state index contributed by atoms with van der Waals surface area (Å²) in [5, 5.41) is 9.44. The zero-order chi connectivity index (χ0) is 18.8. The smallest absolute Gasteiger partial charge is 0.328 e. The van der Waals surface area contributed by atoms with Gasteiger partial charge in [-0.05, 0) is 24.6 Å². The summed E-state index contributed by atoms with van der Waals surface area (Å²) in [5.74, 6) is 0.832. The number of aromatic amines is 1. The Kier molecular flexibility index (Phi) is 5.55. The molecule has 0 saturated carbocycles. The molecule has 2 heterocycles. The number of hydrogen-bond donors (Lipinski definition) is 1. The van der Waals surface area contributed by atoms with Crippen LogP contribution in [0.15, 0.2) is 37.4 Å². The Morgan fingerprint density at radius 3 is 2.77 bits per heavy atom. The van der Waals surface area contributed by atoms with E-state index in [0.29, 0.717) is 38.2 Å². The van der Waals surface area contributed by atoms with Crippen LogP contribution in [0.3, 0.4) is 0 Å². The number of H-pyrrole nitrogens is 1. The Balaban J connectivity index is 1.74. The fourth-order valence-corrected chi connectivity index (χ4v) is 3.62. The number of hydrogen-bond acceptors (Lipinski definition) is 6. The molecule has 0 radical (unpaired) electrons. The molecule has 0 unspecified atom stereocenters.